The second-order valence-electron chi connectivity index (χ2n) is 2.10. The second-order valence-corrected chi connectivity index (χ2v) is 2.44. The molecule has 0 saturated carbocycles. The molecule has 1 aromatic heterocycles. The molecule has 68 valence electrons. The highest BCUT2D eigenvalue weighted by molar-refractivity contribution is 6.28. The molecule has 0 N–H and O–H groups in total. The van der Waals surface area contributed by atoms with Gasteiger partial charge in [0.25, 0.3) is 0 Å². The monoisotopic (exact) mass is 186 g/mol. The van der Waals surface area contributed by atoms with Gasteiger partial charge in [0, 0.05) is 11.9 Å². The van der Waals surface area contributed by atoms with Crippen LogP contribution in [0.25, 0.3) is 0 Å². The number of aromatic nitrogens is 2. The van der Waals surface area contributed by atoms with Crippen molar-refractivity contribution >= 4 is 11.6 Å². The summed E-state index contributed by atoms with van der Waals surface area (Å²) in [5.74, 6) is 0. The number of hydrogen-bond donors (Lipinski definition) is 0. The van der Waals surface area contributed by atoms with E-state index < -0.39 is 0 Å². The van der Waals surface area contributed by atoms with Crippen molar-refractivity contribution in [3.8, 4) is 0 Å². The molecular formula is C9H15ClN2. The van der Waals surface area contributed by atoms with Crippen LogP contribution in [0.1, 0.15) is 32.0 Å². The van der Waals surface area contributed by atoms with Gasteiger partial charge in [-0.05, 0) is 30.5 Å². The summed E-state index contributed by atoms with van der Waals surface area (Å²) in [5, 5.41) is 0.328. The van der Waals surface area contributed by atoms with Crippen LogP contribution in [0.3, 0.4) is 0 Å². The molecule has 0 aliphatic rings. The molecule has 12 heavy (non-hydrogen) atoms. The van der Waals surface area contributed by atoms with E-state index in [1.54, 1.807) is 6.20 Å². The van der Waals surface area contributed by atoms with Gasteiger partial charge >= 0.3 is 0 Å². The van der Waals surface area contributed by atoms with Crippen molar-refractivity contribution in [2.45, 2.75) is 34.1 Å². The fourth-order valence-corrected chi connectivity index (χ4v) is 0.986. The first-order chi connectivity index (χ1) is 5.74. The summed E-state index contributed by atoms with van der Waals surface area (Å²) < 4.78 is 0. The predicted octanol–water partition coefficient (Wildman–Crippen LogP) is 3.03. The van der Waals surface area contributed by atoms with Gasteiger partial charge in [-0.15, -0.1) is 0 Å². The first-order valence-electron chi connectivity index (χ1n) is 4.22. The van der Waals surface area contributed by atoms with Crippen LogP contribution in [0.5, 0.6) is 0 Å². The molecule has 2 nitrogen and oxygen atoms in total. The minimum absolute atomic E-state index is 0.328. The quantitative estimate of drug-likeness (QED) is 0.631. The van der Waals surface area contributed by atoms with Gasteiger partial charge < -0.3 is 0 Å². The zero-order valence-corrected chi connectivity index (χ0v) is 8.81. The van der Waals surface area contributed by atoms with Gasteiger partial charge in [0.05, 0.1) is 0 Å². The average Bonchev–Trinajstić information content (AvgIpc) is 2.08. The molecule has 3 heteroatoms. The molecule has 0 unspecified atom stereocenters. The van der Waals surface area contributed by atoms with Crippen molar-refractivity contribution in [1.82, 2.24) is 9.97 Å². The lowest BCUT2D eigenvalue weighted by Gasteiger charge is -1.98. The van der Waals surface area contributed by atoms with Crippen LogP contribution < -0.4 is 0 Å². The van der Waals surface area contributed by atoms with E-state index in [-0.39, 0.29) is 0 Å². The Kier molecular flexibility index (Phi) is 5.64. The topological polar surface area (TPSA) is 25.8 Å². The van der Waals surface area contributed by atoms with E-state index in [9.17, 15) is 0 Å². The molecule has 0 amide bonds. The maximum absolute atomic E-state index is 5.55. The van der Waals surface area contributed by atoms with Gasteiger partial charge in [-0.1, -0.05) is 20.8 Å². The summed E-state index contributed by atoms with van der Waals surface area (Å²) in [6.07, 6.45) is 2.73. The Morgan fingerprint density at radius 2 is 2.00 bits per heavy atom. The highest BCUT2D eigenvalue weighted by atomic mass is 35.5. The third-order valence-electron chi connectivity index (χ3n) is 1.43. The van der Waals surface area contributed by atoms with Crippen LogP contribution in [-0.4, -0.2) is 9.97 Å². The number of aryl methyl sites for hydroxylation is 2. The molecule has 0 fully saturated rings. The van der Waals surface area contributed by atoms with Crippen LogP contribution in [0.2, 0.25) is 5.28 Å². The minimum atomic E-state index is 0.328. The SMILES string of the molecule is CC.CCc1cnc(Cl)nc1C. The summed E-state index contributed by atoms with van der Waals surface area (Å²) in [4.78, 5) is 7.86. The van der Waals surface area contributed by atoms with E-state index in [1.807, 2.05) is 20.8 Å². The molecule has 1 rings (SSSR count). The smallest absolute Gasteiger partial charge is 0.222 e. The summed E-state index contributed by atoms with van der Waals surface area (Å²) in [5.41, 5.74) is 2.13. The Morgan fingerprint density at radius 1 is 1.42 bits per heavy atom. The van der Waals surface area contributed by atoms with Crippen LogP contribution >= 0.6 is 11.6 Å². The Balaban J connectivity index is 0.000000561. The fourth-order valence-electron chi connectivity index (χ4n) is 0.811. The van der Waals surface area contributed by atoms with Gasteiger partial charge in [0.15, 0.2) is 0 Å². The van der Waals surface area contributed by atoms with E-state index in [0.29, 0.717) is 5.28 Å². The zero-order valence-electron chi connectivity index (χ0n) is 8.06. The number of hydrogen-bond acceptors (Lipinski definition) is 2. The lowest BCUT2D eigenvalue weighted by Crippen LogP contribution is -1.92. The lowest BCUT2D eigenvalue weighted by atomic mass is 10.2. The van der Waals surface area contributed by atoms with Crippen molar-refractivity contribution in [1.29, 1.82) is 0 Å². The van der Waals surface area contributed by atoms with Gasteiger partial charge in [-0.2, -0.15) is 0 Å². The Morgan fingerprint density at radius 3 is 2.42 bits per heavy atom. The van der Waals surface area contributed by atoms with Crippen molar-refractivity contribution in [2.75, 3.05) is 0 Å². The number of nitrogens with zero attached hydrogens (tertiary/aromatic N) is 2. The van der Waals surface area contributed by atoms with Crippen LogP contribution in [-0.2, 0) is 6.42 Å². The van der Waals surface area contributed by atoms with Crippen molar-refractivity contribution in [3.63, 3.8) is 0 Å². The first kappa shape index (κ1) is 11.4. The highest BCUT2D eigenvalue weighted by Crippen LogP contribution is 2.06. The van der Waals surface area contributed by atoms with Crippen LogP contribution in [0, 0.1) is 6.92 Å². The molecule has 0 radical (unpaired) electrons. The zero-order chi connectivity index (χ0) is 9.56. The van der Waals surface area contributed by atoms with Crippen LogP contribution in [0.4, 0.5) is 0 Å². The number of halogens is 1. The predicted molar refractivity (Wildman–Crippen MR) is 52.5 cm³/mol. The molecule has 0 spiro atoms. The first-order valence-corrected chi connectivity index (χ1v) is 4.60. The summed E-state index contributed by atoms with van der Waals surface area (Å²) >= 11 is 5.55. The molecule has 1 heterocycles. The van der Waals surface area contributed by atoms with E-state index >= 15 is 0 Å². The third-order valence-corrected chi connectivity index (χ3v) is 1.61. The number of rotatable bonds is 1. The molecule has 0 saturated heterocycles. The summed E-state index contributed by atoms with van der Waals surface area (Å²) in [6, 6.07) is 0. The molecule has 0 bridgehead atoms. The standard InChI is InChI=1S/C7H9ClN2.C2H6/c1-3-6-4-9-7(8)10-5(6)2;1-2/h4H,3H2,1-2H3;1-2H3. The third kappa shape index (κ3) is 3.18. The van der Waals surface area contributed by atoms with Gasteiger partial charge in [0.2, 0.25) is 5.28 Å². The lowest BCUT2D eigenvalue weighted by molar-refractivity contribution is 0.995. The Hall–Kier alpha value is -0.630. The fraction of sp³-hybridized carbons (Fsp3) is 0.556. The largest absolute Gasteiger partial charge is 0.226 e. The Bertz CT molecular complexity index is 236. The summed E-state index contributed by atoms with van der Waals surface area (Å²) in [7, 11) is 0. The average molecular weight is 187 g/mol. The van der Waals surface area contributed by atoms with E-state index in [2.05, 4.69) is 16.9 Å². The van der Waals surface area contributed by atoms with Gasteiger partial charge in [-0.3, -0.25) is 0 Å². The second kappa shape index (κ2) is 5.95. The van der Waals surface area contributed by atoms with Crippen molar-refractivity contribution in [3.05, 3.63) is 22.7 Å². The molecular weight excluding hydrogens is 172 g/mol. The summed E-state index contributed by atoms with van der Waals surface area (Å²) in [6.45, 7) is 8.01. The molecule has 0 aliphatic heterocycles. The maximum Gasteiger partial charge on any atom is 0.222 e. The van der Waals surface area contributed by atoms with E-state index in [1.165, 1.54) is 0 Å². The molecule has 0 aromatic carbocycles. The molecule has 0 atom stereocenters. The molecule has 0 aliphatic carbocycles. The van der Waals surface area contributed by atoms with E-state index in [4.69, 9.17) is 11.6 Å². The molecule has 1 aromatic rings. The Labute approximate surface area is 79.0 Å². The van der Waals surface area contributed by atoms with Crippen molar-refractivity contribution in [2.24, 2.45) is 0 Å². The highest BCUT2D eigenvalue weighted by Gasteiger charge is 1.97. The normalized spacial score (nSPS) is 8.75. The van der Waals surface area contributed by atoms with Crippen LogP contribution in [0.15, 0.2) is 6.20 Å². The van der Waals surface area contributed by atoms with E-state index in [0.717, 1.165) is 17.7 Å². The van der Waals surface area contributed by atoms with Gasteiger partial charge in [0.1, 0.15) is 0 Å². The maximum atomic E-state index is 5.55. The minimum Gasteiger partial charge on any atom is -0.226 e. The van der Waals surface area contributed by atoms with Crippen molar-refractivity contribution < 1.29 is 0 Å². The van der Waals surface area contributed by atoms with Gasteiger partial charge in [-0.25, -0.2) is 9.97 Å².